The normalized spacial score (nSPS) is 9.58. The molecule has 0 aliphatic carbocycles. The highest BCUT2D eigenvalue weighted by Gasteiger charge is 1.95. The van der Waals surface area contributed by atoms with E-state index >= 15 is 0 Å². The second-order valence-electron chi connectivity index (χ2n) is 2.89. The molecule has 0 fully saturated rings. The van der Waals surface area contributed by atoms with Crippen LogP contribution in [0.4, 0.5) is 0 Å². The van der Waals surface area contributed by atoms with Gasteiger partial charge in [-0.15, -0.1) is 11.8 Å². The Kier molecular flexibility index (Phi) is 5.76. The zero-order valence-corrected chi connectivity index (χ0v) is 8.47. The predicted molar refractivity (Wildman–Crippen MR) is 54.8 cm³/mol. The maximum atomic E-state index is 4.04. The molecule has 0 saturated heterocycles. The fourth-order valence-corrected chi connectivity index (χ4v) is 1.53. The minimum absolute atomic E-state index is 0. The summed E-state index contributed by atoms with van der Waals surface area (Å²) in [4.78, 5) is 5.31. The lowest BCUT2D eigenvalue weighted by Gasteiger charge is -2.02. The average molecular weight is 184 g/mol. The Morgan fingerprint density at radius 1 is 1.50 bits per heavy atom. The summed E-state index contributed by atoms with van der Waals surface area (Å²) in [5.74, 6) is 1.92. The number of hydrogen-bond acceptors (Lipinski definition) is 3. The van der Waals surface area contributed by atoms with Gasteiger partial charge in [0.1, 0.15) is 0 Å². The van der Waals surface area contributed by atoms with Gasteiger partial charge in [-0.05, 0) is 18.1 Å². The molecule has 0 spiro atoms. The molecule has 1 rings (SSSR count). The first-order chi connectivity index (χ1) is 5.29. The average Bonchev–Trinajstić information content (AvgIpc) is 2.03. The molecule has 0 aromatic carbocycles. The van der Waals surface area contributed by atoms with Crippen LogP contribution in [0.25, 0.3) is 0 Å². The number of hydrogen-bond donors (Lipinski definition) is 1. The maximum Gasteiger partial charge on any atom is 0.0403 e. The SMILES string of the molecule is CC(C)CSc1cccnc1.N. The first kappa shape index (κ1) is 11.5. The Labute approximate surface area is 78.4 Å². The molecule has 0 unspecified atom stereocenters. The van der Waals surface area contributed by atoms with Gasteiger partial charge in [-0.2, -0.15) is 0 Å². The molecular weight excluding hydrogens is 168 g/mol. The standard InChI is InChI=1S/C9H13NS.H3N/c1-8(2)7-11-9-4-3-5-10-6-9;/h3-6,8H,7H2,1-2H3;1H3. The number of aromatic nitrogens is 1. The van der Waals surface area contributed by atoms with E-state index in [4.69, 9.17) is 0 Å². The second kappa shape index (κ2) is 6.03. The van der Waals surface area contributed by atoms with E-state index in [0.717, 1.165) is 5.92 Å². The Hall–Kier alpha value is -0.540. The van der Waals surface area contributed by atoms with Crippen LogP contribution in [0.2, 0.25) is 0 Å². The van der Waals surface area contributed by atoms with Crippen LogP contribution in [0.5, 0.6) is 0 Å². The summed E-state index contributed by atoms with van der Waals surface area (Å²) in [5.41, 5.74) is 0. The van der Waals surface area contributed by atoms with Crippen molar-refractivity contribution in [2.45, 2.75) is 18.7 Å². The Morgan fingerprint density at radius 3 is 2.75 bits per heavy atom. The molecule has 2 nitrogen and oxygen atoms in total. The summed E-state index contributed by atoms with van der Waals surface area (Å²) in [5, 5.41) is 0. The van der Waals surface area contributed by atoms with Crippen molar-refractivity contribution in [3.63, 3.8) is 0 Å². The van der Waals surface area contributed by atoms with Gasteiger partial charge in [0.15, 0.2) is 0 Å². The first-order valence-corrected chi connectivity index (χ1v) is 4.80. The Balaban J connectivity index is 0.00000121. The maximum absolute atomic E-state index is 4.04. The van der Waals surface area contributed by atoms with E-state index in [1.165, 1.54) is 10.6 Å². The fraction of sp³-hybridized carbons (Fsp3) is 0.444. The van der Waals surface area contributed by atoms with Crippen LogP contribution < -0.4 is 6.15 Å². The van der Waals surface area contributed by atoms with E-state index in [1.54, 1.807) is 6.20 Å². The molecule has 1 aromatic rings. The van der Waals surface area contributed by atoms with E-state index < -0.39 is 0 Å². The summed E-state index contributed by atoms with van der Waals surface area (Å²) in [6.45, 7) is 4.45. The lowest BCUT2D eigenvalue weighted by Crippen LogP contribution is -1.89. The van der Waals surface area contributed by atoms with Crippen molar-refractivity contribution in [2.24, 2.45) is 5.92 Å². The van der Waals surface area contributed by atoms with Gasteiger partial charge in [-0.25, -0.2) is 0 Å². The van der Waals surface area contributed by atoms with Crippen LogP contribution in [0.1, 0.15) is 13.8 Å². The minimum Gasteiger partial charge on any atom is -0.344 e. The molecule has 68 valence electrons. The summed E-state index contributed by atoms with van der Waals surface area (Å²) < 4.78 is 0. The molecule has 0 bridgehead atoms. The van der Waals surface area contributed by atoms with Crippen molar-refractivity contribution in [2.75, 3.05) is 5.75 Å². The van der Waals surface area contributed by atoms with Gasteiger partial charge in [-0.1, -0.05) is 13.8 Å². The van der Waals surface area contributed by atoms with Crippen LogP contribution in [0, 0.1) is 5.92 Å². The van der Waals surface area contributed by atoms with Gasteiger partial charge in [0.2, 0.25) is 0 Å². The second-order valence-corrected chi connectivity index (χ2v) is 3.99. The molecule has 12 heavy (non-hydrogen) atoms. The van der Waals surface area contributed by atoms with Crippen molar-refractivity contribution in [3.8, 4) is 0 Å². The fourth-order valence-electron chi connectivity index (χ4n) is 0.695. The smallest absolute Gasteiger partial charge is 0.0403 e. The number of thioether (sulfide) groups is 1. The van der Waals surface area contributed by atoms with Gasteiger partial charge in [0.05, 0.1) is 0 Å². The first-order valence-electron chi connectivity index (χ1n) is 3.82. The highest BCUT2D eigenvalue weighted by Crippen LogP contribution is 2.18. The molecule has 0 saturated carbocycles. The van der Waals surface area contributed by atoms with Crippen molar-refractivity contribution < 1.29 is 0 Å². The van der Waals surface area contributed by atoms with E-state index in [-0.39, 0.29) is 6.15 Å². The van der Waals surface area contributed by atoms with Gasteiger partial charge < -0.3 is 6.15 Å². The van der Waals surface area contributed by atoms with Crippen LogP contribution in [0.15, 0.2) is 29.4 Å². The van der Waals surface area contributed by atoms with Crippen molar-refractivity contribution in [1.29, 1.82) is 0 Å². The third-order valence-corrected chi connectivity index (χ3v) is 2.63. The predicted octanol–water partition coefficient (Wildman–Crippen LogP) is 2.99. The van der Waals surface area contributed by atoms with Gasteiger partial charge >= 0.3 is 0 Å². The number of rotatable bonds is 3. The molecule has 0 atom stereocenters. The summed E-state index contributed by atoms with van der Waals surface area (Å²) in [6, 6.07) is 4.07. The van der Waals surface area contributed by atoms with Gasteiger partial charge in [0, 0.05) is 23.0 Å². The lowest BCUT2D eigenvalue weighted by molar-refractivity contribution is 0.750. The van der Waals surface area contributed by atoms with Gasteiger partial charge in [-0.3, -0.25) is 4.98 Å². The van der Waals surface area contributed by atoms with E-state index in [2.05, 4.69) is 24.9 Å². The molecule has 1 heterocycles. The number of nitrogens with zero attached hydrogens (tertiary/aromatic N) is 1. The van der Waals surface area contributed by atoms with E-state index in [9.17, 15) is 0 Å². The minimum atomic E-state index is 0. The molecule has 3 N–H and O–H groups in total. The summed E-state index contributed by atoms with van der Waals surface area (Å²) in [6.07, 6.45) is 3.71. The zero-order valence-electron chi connectivity index (χ0n) is 7.66. The monoisotopic (exact) mass is 184 g/mol. The van der Waals surface area contributed by atoms with E-state index in [1.807, 2.05) is 24.0 Å². The molecule has 3 heteroatoms. The summed E-state index contributed by atoms with van der Waals surface area (Å²) in [7, 11) is 0. The quantitative estimate of drug-likeness (QED) is 0.735. The third kappa shape index (κ3) is 4.36. The zero-order chi connectivity index (χ0) is 8.10. The van der Waals surface area contributed by atoms with Crippen LogP contribution in [-0.2, 0) is 0 Å². The molecule has 0 amide bonds. The molecule has 0 aliphatic heterocycles. The largest absolute Gasteiger partial charge is 0.344 e. The van der Waals surface area contributed by atoms with Crippen LogP contribution >= 0.6 is 11.8 Å². The van der Waals surface area contributed by atoms with E-state index in [0.29, 0.717) is 0 Å². The van der Waals surface area contributed by atoms with Crippen LogP contribution in [0.3, 0.4) is 0 Å². The Bertz CT molecular complexity index is 199. The molecule has 0 aliphatic rings. The highest BCUT2D eigenvalue weighted by atomic mass is 32.2. The number of pyridine rings is 1. The Morgan fingerprint density at radius 2 is 2.25 bits per heavy atom. The highest BCUT2D eigenvalue weighted by molar-refractivity contribution is 7.99. The third-order valence-electron chi connectivity index (χ3n) is 1.22. The molecular formula is C9H16N2S. The lowest BCUT2D eigenvalue weighted by atomic mass is 10.3. The van der Waals surface area contributed by atoms with Gasteiger partial charge in [0.25, 0.3) is 0 Å². The molecule has 1 aromatic heterocycles. The van der Waals surface area contributed by atoms with Crippen LogP contribution in [-0.4, -0.2) is 10.7 Å². The molecule has 0 radical (unpaired) electrons. The van der Waals surface area contributed by atoms with Crippen molar-refractivity contribution in [1.82, 2.24) is 11.1 Å². The summed E-state index contributed by atoms with van der Waals surface area (Å²) >= 11 is 1.87. The van der Waals surface area contributed by atoms with Crippen molar-refractivity contribution in [3.05, 3.63) is 24.5 Å². The topological polar surface area (TPSA) is 47.9 Å². The van der Waals surface area contributed by atoms with Crippen molar-refractivity contribution >= 4 is 11.8 Å².